The summed E-state index contributed by atoms with van der Waals surface area (Å²) in [5.74, 6) is 0.935. The van der Waals surface area contributed by atoms with Crippen LogP contribution in [0.15, 0.2) is 42.5 Å². The number of carbonyl (C=O) groups excluding carboxylic acids is 1. The molecule has 150 valence electrons. The molecule has 2 aromatic rings. The third kappa shape index (κ3) is 6.25. The van der Waals surface area contributed by atoms with Gasteiger partial charge in [-0.3, -0.25) is 9.69 Å². The highest BCUT2D eigenvalue weighted by Gasteiger charge is 2.20. The van der Waals surface area contributed by atoms with E-state index in [4.69, 9.17) is 16.3 Å². The van der Waals surface area contributed by atoms with Crippen molar-refractivity contribution in [1.82, 2.24) is 10.2 Å². The number of aryl methyl sites for hydroxylation is 2. The number of hydrogen-bond donors (Lipinski definition) is 1. The molecule has 5 heteroatoms. The number of hydrogen-bond acceptors (Lipinski definition) is 3. The van der Waals surface area contributed by atoms with Crippen molar-refractivity contribution < 1.29 is 9.53 Å². The Hall–Kier alpha value is -2.04. The van der Waals surface area contributed by atoms with Gasteiger partial charge in [0.05, 0.1) is 13.0 Å². The highest BCUT2D eigenvalue weighted by molar-refractivity contribution is 6.30. The predicted octanol–water partition coefficient (Wildman–Crippen LogP) is 4.51. The fourth-order valence-electron chi connectivity index (χ4n) is 3.50. The van der Waals surface area contributed by atoms with E-state index in [9.17, 15) is 4.79 Å². The lowest BCUT2D eigenvalue weighted by Gasteiger charge is -2.32. The van der Waals surface area contributed by atoms with Gasteiger partial charge in [0.2, 0.25) is 5.91 Å². The molecule has 0 atom stereocenters. The van der Waals surface area contributed by atoms with E-state index in [-0.39, 0.29) is 11.9 Å². The molecule has 1 amide bonds. The van der Waals surface area contributed by atoms with Gasteiger partial charge in [-0.05, 0) is 61.6 Å². The molecule has 1 aliphatic rings. The van der Waals surface area contributed by atoms with Gasteiger partial charge in [-0.2, -0.15) is 0 Å². The number of halogens is 1. The summed E-state index contributed by atoms with van der Waals surface area (Å²) < 4.78 is 5.79. The van der Waals surface area contributed by atoms with Crippen LogP contribution >= 0.6 is 11.6 Å². The highest BCUT2D eigenvalue weighted by Crippen LogP contribution is 2.19. The standard InChI is InChI=1S/C23H29ClN2O2/c1-17-3-4-18(2)22(15-17)28-14-11-23(27)25-21-9-12-26(13-10-21)16-19-5-7-20(24)8-6-19/h3-8,15,21H,9-14,16H2,1-2H3,(H,25,27). The van der Waals surface area contributed by atoms with Gasteiger partial charge in [-0.25, -0.2) is 0 Å². The van der Waals surface area contributed by atoms with Crippen molar-refractivity contribution in [1.29, 1.82) is 0 Å². The molecule has 0 radical (unpaired) electrons. The molecule has 0 aliphatic carbocycles. The maximum atomic E-state index is 12.2. The molecule has 0 unspecified atom stereocenters. The monoisotopic (exact) mass is 400 g/mol. The normalized spacial score (nSPS) is 15.4. The first-order chi connectivity index (χ1) is 13.5. The Kier molecular flexibility index (Phi) is 7.35. The molecule has 1 saturated heterocycles. The number of amides is 1. The van der Waals surface area contributed by atoms with Crippen LogP contribution in [-0.4, -0.2) is 36.5 Å². The third-order valence-electron chi connectivity index (χ3n) is 5.20. The number of nitrogens with zero attached hydrogens (tertiary/aromatic N) is 1. The molecule has 4 nitrogen and oxygen atoms in total. The molecule has 0 spiro atoms. The third-order valence-corrected chi connectivity index (χ3v) is 5.45. The summed E-state index contributed by atoms with van der Waals surface area (Å²) in [6, 6.07) is 14.4. The first-order valence-corrected chi connectivity index (χ1v) is 10.3. The zero-order valence-corrected chi connectivity index (χ0v) is 17.5. The predicted molar refractivity (Wildman–Crippen MR) is 114 cm³/mol. The summed E-state index contributed by atoms with van der Waals surface area (Å²) in [6.45, 7) is 7.39. The van der Waals surface area contributed by atoms with Crippen molar-refractivity contribution in [3.63, 3.8) is 0 Å². The first kappa shape index (κ1) is 20.7. The Bertz CT molecular complexity index is 784. The van der Waals surface area contributed by atoms with E-state index >= 15 is 0 Å². The second-order valence-corrected chi connectivity index (χ2v) is 8.05. The van der Waals surface area contributed by atoms with Gasteiger partial charge >= 0.3 is 0 Å². The second kappa shape index (κ2) is 9.94. The lowest BCUT2D eigenvalue weighted by atomic mass is 10.0. The van der Waals surface area contributed by atoms with Crippen LogP contribution in [0, 0.1) is 13.8 Å². The van der Waals surface area contributed by atoms with Crippen molar-refractivity contribution in [2.75, 3.05) is 19.7 Å². The van der Waals surface area contributed by atoms with Gasteiger partial charge in [-0.1, -0.05) is 35.9 Å². The Morgan fingerprint density at radius 3 is 2.57 bits per heavy atom. The van der Waals surface area contributed by atoms with E-state index in [1.54, 1.807) is 0 Å². The SMILES string of the molecule is Cc1ccc(C)c(OCCC(=O)NC2CCN(Cc3ccc(Cl)cc3)CC2)c1. The topological polar surface area (TPSA) is 41.6 Å². The maximum Gasteiger partial charge on any atom is 0.223 e. The summed E-state index contributed by atoms with van der Waals surface area (Å²) >= 11 is 5.94. The zero-order chi connectivity index (χ0) is 19.9. The van der Waals surface area contributed by atoms with Gasteiger partial charge in [0.15, 0.2) is 0 Å². The number of rotatable bonds is 7. The Morgan fingerprint density at radius 1 is 1.14 bits per heavy atom. The molecule has 1 N–H and O–H groups in total. The number of benzene rings is 2. The van der Waals surface area contributed by atoms with Crippen LogP contribution in [0.2, 0.25) is 5.02 Å². The van der Waals surface area contributed by atoms with Crippen LogP contribution in [0.3, 0.4) is 0 Å². The fourth-order valence-corrected chi connectivity index (χ4v) is 3.63. The minimum atomic E-state index is 0.0708. The van der Waals surface area contributed by atoms with E-state index in [0.29, 0.717) is 13.0 Å². The highest BCUT2D eigenvalue weighted by atomic mass is 35.5. The first-order valence-electron chi connectivity index (χ1n) is 9.96. The summed E-state index contributed by atoms with van der Waals surface area (Å²) in [4.78, 5) is 14.7. The Morgan fingerprint density at radius 2 is 1.86 bits per heavy atom. The lowest BCUT2D eigenvalue weighted by Crippen LogP contribution is -2.44. The van der Waals surface area contributed by atoms with E-state index in [1.807, 2.05) is 38.1 Å². The minimum Gasteiger partial charge on any atom is -0.493 e. The largest absolute Gasteiger partial charge is 0.493 e. The van der Waals surface area contributed by atoms with Crippen LogP contribution in [0.25, 0.3) is 0 Å². The van der Waals surface area contributed by atoms with Crippen molar-refractivity contribution in [2.45, 2.75) is 45.7 Å². The van der Waals surface area contributed by atoms with Gasteiger partial charge in [0, 0.05) is 30.7 Å². The van der Waals surface area contributed by atoms with E-state index in [1.165, 1.54) is 5.56 Å². The van der Waals surface area contributed by atoms with Crippen molar-refractivity contribution in [3.05, 3.63) is 64.2 Å². The molecule has 1 fully saturated rings. The molecule has 0 bridgehead atoms. The van der Waals surface area contributed by atoms with E-state index in [0.717, 1.165) is 54.4 Å². The van der Waals surface area contributed by atoms with Crippen LogP contribution in [0.4, 0.5) is 0 Å². The zero-order valence-electron chi connectivity index (χ0n) is 16.7. The Balaban J connectivity index is 1.35. The van der Waals surface area contributed by atoms with Crippen molar-refractivity contribution in [3.8, 4) is 5.75 Å². The van der Waals surface area contributed by atoms with Crippen LogP contribution in [-0.2, 0) is 11.3 Å². The second-order valence-electron chi connectivity index (χ2n) is 7.61. The van der Waals surface area contributed by atoms with Crippen molar-refractivity contribution in [2.24, 2.45) is 0 Å². The van der Waals surface area contributed by atoms with E-state index in [2.05, 4.69) is 28.4 Å². The average Bonchev–Trinajstić information content (AvgIpc) is 2.68. The number of ether oxygens (including phenoxy) is 1. The summed E-state index contributed by atoms with van der Waals surface area (Å²) in [5.41, 5.74) is 3.53. The molecular weight excluding hydrogens is 372 g/mol. The number of piperidine rings is 1. The van der Waals surface area contributed by atoms with Gasteiger partial charge in [0.1, 0.15) is 5.75 Å². The summed E-state index contributed by atoms with van der Waals surface area (Å²) in [5, 5.41) is 3.93. The smallest absolute Gasteiger partial charge is 0.223 e. The number of nitrogens with one attached hydrogen (secondary N) is 1. The summed E-state index contributed by atoms with van der Waals surface area (Å²) in [6.07, 6.45) is 2.35. The molecular formula is C23H29ClN2O2. The minimum absolute atomic E-state index is 0.0708. The van der Waals surface area contributed by atoms with Gasteiger partial charge in [0.25, 0.3) is 0 Å². The fraction of sp³-hybridized carbons (Fsp3) is 0.435. The molecule has 3 rings (SSSR count). The lowest BCUT2D eigenvalue weighted by molar-refractivity contribution is -0.122. The molecule has 1 heterocycles. The summed E-state index contributed by atoms with van der Waals surface area (Å²) in [7, 11) is 0. The molecule has 0 saturated carbocycles. The van der Waals surface area contributed by atoms with Gasteiger partial charge < -0.3 is 10.1 Å². The average molecular weight is 401 g/mol. The maximum absolute atomic E-state index is 12.2. The Labute approximate surface area is 172 Å². The van der Waals surface area contributed by atoms with Crippen LogP contribution in [0.5, 0.6) is 5.75 Å². The number of carbonyl (C=O) groups is 1. The van der Waals surface area contributed by atoms with Crippen LogP contribution < -0.4 is 10.1 Å². The van der Waals surface area contributed by atoms with E-state index < -0.39 is 0 Å². The van der Waals surface area contributed by atoms with Crippen molar-refractivity contribution >= 4 is 17.5 Å². The molecule has 28 heavy (non-hydrogen) atoms. The van der Waals surface area contributed by atoms with Gasteiger partial charge in [-0.15, -0.1) is 0 Å². The van der Waals surface area contributed by atoms with Crippen LogP contribution in [0.1, 0.15) is 36.0 Å². The number of likely N-dealkylation sites (tertiary alicyclic amines) is 1. The molecule has 2 aromatic carbocycles. The quantitative estimate of drug-likeness (QED) is 0.743. The molecule has 1 aliphatic heterocycles. The molecule has 0 aromatic heterocycles.